The first-order valence-electron chi connectivity index (χ1n) is 11.1. The Morgan fingerprint density at radius 2 is 1.97 bits per heavy atom. The Kier molecular flexibility index (Phi) is 6.84. The first-order valence-corrected chi connectivity index (χ1v) is 11.5. The lowest BCUT2D eigenvalue weighted by molar-refractivity contribution is -0.116. The molecule has 6 nitrogen and oxygen atoms in total. The number of hydrogen-bond acceptors (Lipinski definition) is 4. The molecular formula is C26H26ClFN4O2. The number of anilines is 1. The summed E-state index contributed by atoms with van der Waals surface area (Å²) >= 11 is 6.03. The van der Waals surface area contributed by atoms with Crippen LogP contribution in [0.3, 0.4) is 0 Å². The van der Waals surface area contributed by atoms with E-state index in [0.717, 1.165) is 39.1 Å². The molecule has 4 rings (SSSR count). The van der Waals surface area contributed by atoms with Gasteiger partial charge in [-0.2, -0.15) is 10.1 Å². The number of aromatic nitrogens is 3. The van der Waals surface area contributed by atoms with Crippen LogP contribution in [-0.4, -0.2) is 27.3 Å². The summed E-state index contributed by atoms with van der Waals surface area (Å²) in [5.74, 6) is -0.197. The van der Waals surface area contributed by atoms with Gasteiger partial charge in [0.1, 0.15) is 5.82 Å². The molecule has 8 heteroatoms. The third-order valence-electron chi connectivity index (χ3n) is 5.66. The number of pyridine rings is 1. The molecule has 0 aliphatic rings. The molecule has 4 aromatic rings. The van der Waals surface area contributed by atoms with Gasteiger partial charge < -0.3 is 10.1 Å². The van der Waals surface area contributed by atoms with Crippen molar-refractivity contribution in [2.24, 2.45) is 0 Å². The van der Waals surface area contributed by atoms with Crippen LogP contribution in [0.2, 0.25) is 5.02 Å². The van der Waals surface area contributed by atoms with Crippen LogP contribution in [0.4, 0.5) is 10.1 Å². The van der Waals surface area contributed by atoms with Gasteiger partial charge in [0.2, 0.25) is 11.8 Å². The van der Waals surface area contributed by atoms with Crippen LogP contribution < -0.4 is 10.1 Å². The van der Waals surface area contributed by atoms with Gasteiger partial charge in [-0.15, -0.1) is 0 Å². The number of carbonyl (C=O) groups excluding carboxylic acids is 1. The number of carbonyl (C=O) groups is 1. The summed E-state index contributed by atoms with van der Waals surface area (Å²) < 4.78 is 21.0. The van der Waals surface area contributed by atoms with Crippen molar-refractivity contribution in [2.45, 2.75) is 40.5 Å². The normalized spacial score (nSPS) is 11.1. The zero-order valence-electron chi connectivity index (χ0n) is 19.6. The van der Waals surface area contributed by atoms with Gasteiger partial charge in [-0.3, -0.25) is 4.79 Å². The number of ether oxygens (including phenoxy) is 1. The number of benzene rings is 2. The maximum atomic E-state index is 13.3. The van der Waals surface area contributed by atoms with Gasteiger partial charge in [0, 0.05) is 17.4 Å². The second-order valence-electron chi connectivity index (χ2n) is 8.16. The molecule has 1 amide bonds. The van der Waals surface area contributed by atoms with Crippen molar-refractivity contribution in [2.75, 3.05) is 11.9 Å². The number of amides is 1. The molecule has 0 unspecified atom stereocenters. The number of aryl methyl sites for hydroxylation is 3. The molecule has 0 spiro atoms. The van der Waals surface area contributed by atoms with Crippen LogP contribution in [0.1, 0.15) is 35.7 Å². The molecule has 1 N–H and O–H groups in total. The molecule has 2 aromatic heterocycles. The highest BCUT2D eigenvalue weighted by Gasteiger charge is 2.21. The Morgan fingerprint density at radius 3 is 2.68 bits per heavy atom. The highest BCUT2D eigenvalue weighted by Crippen LogP contribution is 2.32. The van der Waals surface area contributed by atoms with E-state index in [-0.39, 0.29) is 17.4 Å². The lowest BCUT2D eigenvalue weighted by Gasteiger charge is -2.14. The van der Waals surface area contributed by atoms with Crippen LogP contribution in [0.25, 0.3) is 16.7 Å². The maximum Gasteiger partial charge on any atom is 0.224 e. The summed E-state index contributed by atoms with van der Waals surface area (Å²) in [4.78, 5) is 17.4. The van der Waals surface area contributed by atoms with Gasteiger partial charge in [-0.1, -0.05) is 23.7 Å². The lowest BCUT2D eigenvalue weighted by atomic mass is 10.0. The third-order valence-corrected chi connectivity index (χ3v) is 5.98. The number of hydrogen-bond donors (Lipinski definition) is 1. The molecule has 0 aliphatic carbocycles. The fourth-order valence-corrected chi connectivity index (χ4v) is 4.28. The first-order chi connectivity index (χ1) is 16.3. The van der Waals surface area contributed by atoms with E-state index in [9.17, 15) is 9.18 Å². The molecule has 0 saturated carbocycles. The minimum Gasteiger partial charge on any atom is -0.478 e. The van der Waals surface area contributed by atoms with Crippen molar-refractivity contribution >= 4 is 34.2 Å². The van der Waals surface area contributed by atoms with E-state index in [1.165, 1.54) is 18.2 Å². The molecule has 34 heavy (non-hydrogen) atoms. The van der Waals surface area contributed by atoms with E-state index >= 15 is 0 Å². The van der Waals surface area contributed by atoms with E-state index in [1.807, 2.05) is 50.6 Å². The lowest BCUT2D eigenvalue weighted by Crippen LogP contribution is -2.14. The highest BCUT2D eigenvalue weighted by molar-refractivity contribution is 6.33. The number of nitrogens with zero attached hydrogens (tertiary/aromatic N) is 3. The van der Waals surface area contributed by atoms with E-state index < -0.39 is 5.82 Å². The minimum absolute atomic E-state index is 0.154. The smallest absolute Gasteiger partial charge is 0.224 e. The van der Waals surface area contributed by atoms with Crippen LogP contribution in [0, 0.1) is 26.6 Å². The Morgan fingerprint density at radius 1 is 1.18 bits per heavy atom. The number of halogens is 2. The summed E-state index contributed by atoms with van der Waals surface area (Å²) in [7, 11) is 0. The van der Waals surface area contributed by atoms with E-state index in [2.05, 4.69) is 11.4 Å². The van der Waals surface area contributed by atoms with Gasteiger partial charge in [0.25, 0.3) is 0 Å². The molecule has 0 bridgehead atoms. The summed E-state index contributed by atoms with van der Waals surface area (Å²) in [6.07, 6.45) is 0.608. The SMILES string of the molecule is CCOc1nc2c(c(C)nn2-c2cccc(C)c2)c(C)c1CCC(=O)Nc1ccc(F)cc1Cl. The maximum absolute atomic E-state index is 13.3. The van der Waals surface area contributed by atoms with Gasteiger partial charge in [0.05, 0.1) is 28.7 Å². The molecule has 2 aromatic carbocycles. The van der Waals surface area contributed by atoms with Crippen molar-refractivity contribution in [3.8, 4) is 11.6 Å². The Bertz CT molecular complexity index is 1380. The standard InChI is InChI=1S/C26H26ClFN4O2/c1-5-34-26-20(10-12-23(33)29-22-11-9-18(28)14-21(22)27)16(3)24-17(4)31-32(25(24)30-26)19-8-6-7-15(2)13-19/h6-9,11,13-14H,5,10,12H2,1-4H3,(H,29,33). The number of rotatable bonds is 7. The predicted octanol–water partition coefficient (Wildman–Crippen LogP) is 6.11. The summed E-state index contributed by atoms with van der Waals surface area (Å²) in [5.41, 5.74) is 5.85. The monoisotopic (exact) mass is 480 g/mol. The molecule has 2 heterocycles. The topological polar surface area (TPSA) is 69.0 Å². The van der Waals surface area contributed by atoms with Gasteiger partial charge >= 0.3 is 0 Å². The molecule has 0 fully saturated rings. The zero-order chi connectivity index (χ0) is 24.4. The van der Waals surface area contributed by atoms with E-state index in [0.29, 0.717) is 24.6 Å². The molecular weight excluding hydrogens is 455 g/mol. The quantitative estimate of drug-likeness (QED) is 0.346. The van der Waals surface area contributed by atoms with Crippen molar-refractivity contribution in [1.29, 1.82) is 0 Å². The van der Waals surface area contributed by atoms with Crippen molar-refractivity contribution in [3.63, 3.8) is 0 Å². The van der Waals surface area contributed by atoms with Crippen LogP contribution in [-0.2, 0) is 11.2 Å². The van der Waals surface area contributed by atoms with Crippen LogP contribution >= 0.6 is 11.6 Å². The second-order valence-corrected chi connectivity index (χ2v) is 8.57. The van der Waals surface area contributed by atoms with Crippen molar-refractivity contribution in [3.05, 3.63) is 75.7 Å². The average Bonchev–Trinajstić information content (AvgIpc) is 3.12. The van der Waals surface area contributed by atoms with Crippen molar-refractivity contribution < 1.29 is 13.9 Å². The second kappa shape index (κ2) is 9.81. The summed E-state index contributed by atoms with van der Waals surface area (Å²) in [5, 5.41) is 8.59. The van der Waals surface area contributed by atoms with Gasteiger partial charge in [0.15, 0.2) is 5.65 Å². The van der Waals surface area contributed by atoms with Gasteiger partial charge in [-0.25, -0.2) is 9.07 Å². The molecule has 176 valence electrons. The fourth-order valence-electron chi connectivity index (χ4n) is 4.06. The Labute approximate surface area is 202 Å². The predicted molar refractivity (Wildman–Crippen MR) is 133 cm³/mol. The van der Waals surface area contributed by atoms with Crippen molar-refractivity contribution in [1.82, 2.24) is 14.8 Å². The molecule has 0 saturated heterocycles. The van der Waals surface area contributed by atoms with E-state index in [4.69, 9.17) is 26.4 Å². The molecule has 0 radical (unpaired) electrons. The Balaban J connectivity index is 1.67. The third kappa shape index (κ3) is 4.75. The fraction of sp³-hybridized carbons (Fsp3) is 0.269. The molecule has 0 atom stereocenters. The Hall–Kier alpha value is -3.45. The minimum atomic E-state index is -0.457. The summed E-state index contributed by atoms with van der Waals surface area (Å²) in [6.45, 7) is 8.34. The zero-order valence-corrected chi connectivity index (χ0v) is 20.3. The average molecular weight is 481 g/mol. The molecule has 0 aliphatic heterocycles. The van der Waals surface area contributed by atoms with Gasteiger partial charge in [-0.05, 0) is 75.6 Å². The number of nitrogens with one attached hydrogen (secondary N) is 1. The van der Waals surface area contributed by atoms with Crippen LogP contribution in [0.15, 0.2) is 42.5 Å². The number of fused-ring (bicyclic) bond motifs is 1. The summed E-state index contributed by atoms with van der Waals surface area (Å²) in [6, 6.07) is 11.9. The van der Waals surface area contributed by atoms with Crippen LogP contribution in [0.5, 0.6) is 5.88 Å². The first kappa shape index (κ1) is 23.7. The highest BCUT2D eigenvalue weighted by atomic mass is 35.5. The van der Waals surface area contributed by atoms with E-state index in [1.54, 1.807) is 0 Å². The largest absolute Gasteiger partial charge is 0.478 e.